The van der Waals surface area contributed by atoms with Gasteiger partial charge in [0, 0.05) is 11.1 Å². The number of ether oxygens (including phenoxy) is 1. The number of phenols is 1. The van der Waals surface area contributed by atoms with Crippen molar-refractivity contribution in [2.45, 2.75) is 0 Å². The molecule has 0 saturated carbocycles. The molecule has 0 aliphatic heterocycles. The molecule has 2 nitrogen and oxygen atoms in total. The largest absolute Gasteiger partial charge is 0.507 e. The third-order valence-corrected chi connectivity index (χ3v) is 2.91. The monoisotopic (exact) mass is 244 g/mol. The van der Waals surface area contributed by atoms with Crippen LogP contribution in [-0.4, -0.2) is 17.3 Å². The van der Waals surface area contributed by atoms with Crippen LogP contribution >= 0.6 is 12.2 Å². The SMILES string of the molecule is COC(=S)c1ccc(-c2ccccc2)c(O)c1. The molecule has 2 aromatic carbocycles. The first-order valence-electron chi connectivity index (χ1n) is 5.19. The highest BCUT2D eigenvalue weighted by Gasteiger charge is 2.07. The maximum absolute atomic E-state index is 9.97. The minimum absolute atomic E-state index is 0.202. The van der Waals surface area contributed by atoms with Gasteiger partial charge in [0.15, 0.2) is 5.05 Å². The van der Waals surface area contributed by atoms with Gasteiger partial charge in [-0.2, -0.15) is 0 Å². The average molecular weight is 244 g/mol. The van der Waals surface area contributed by atoms with E-state index in [1.54, 1.807) is 6.07 Å². The molecule has 0 amide bonds. The molecule has 0 aliphatic carbocycles. The summed E-state index contributed by atoms with van der Waals surface area (Å²) in [4.78, 5) is 0. The lowest BCUT2D eigenvalue weighted by Crippen LogP contribution is -1.98. The van der Waals surface area contributed by atoms with Crippen LogP contribution in [0.4, 0.5) is 0 Å². The highest BCUT2D eigenvalue weighted by atomic mass is 32.1. The van der Waals surface area contributed by atoms with Gasteiger partial charge in [-0.3, -0.25) is 0 Å². The average Bonchev–Trinajstić information content (AvgIpc) is 2.38. The number of rotatable bonds is 2. The Morgan fingerprint density at radius 1 is 1.12 bits per heavy atom. The molecule has 0 fully saturated rings. The van der Waals surface area contributed by atoms with Crippen LogP contribution in [0.2, 0.25) is 0 Å². The van der Waals surface area contributed by atoms with Gasteiger partial charge < -0.3 is 9.84 Å². The van der Waals surface area contributed by atoms with E-state index in [0.29, 0.717) is 10.6 Å². The molecule has 0 heterocycles. The maximum atomic E-state index is 9.97. The molecule has 0 radical (unpaired) electrons. The van der Waals surface area contributed by atoms with Crippen LogP contribution in [0, 0.1) is 0 Å². The molecule has 0 unspecified atom stereocenters. The van der Waals surface area contributed by atoms with E-state index in [-0.39, 0.29) is 5.75 Å². The lowest BCUT2D eigenvalue weighted by molar-refractivity contribution is 0.415. The number of aromatic hydroxyl groups is 1. The number of thiocarbonyl (C=S) groups is 1. The third kappa shape index (κ3) is 2.45. The van der Waals surface area contributed by atoms with Crippen molar-refractivity contribution in [3.8, 4) is 16.9 Å². The van der Waals surface area contributed by atoms with Gasteiger partial charge in [-0.05, 0) is 36.0 Å². The van der Waals surface area contributed by atoms with Crippen LogP contribution in [-0.2, 0) is 4.74 Å². The molecular formula is C14H12O2S. The topological polar surface area (TPSA) is 29.5 Å². The van der Waals surface area contributed by atoms with E-state index < -0.39 is 0 Å². The zero-order valence-electron chi connectivity index (χ0n) is 9.38. The molecule has 3 heteroatoms. The molecule has 0 saturated heterocycles. The molecule has 86 valence electrons. The van der Waals surface area contributed by atoms with Gasteiger partial charge in [0.25, 0.3) is 0 Å². The zero-order chi connectivity index (χ0) is 12.3. The predicted molar refractivity (Wildman–Crippen MR) is 72.3 cm³/mol. The highest BCUT2D eigenvalue weighted by molar-refractivity contribution is 7.80. The predicted octanol–water partition coefficient (Wildman–Crippen LogP) is 3.38. The summed E-state index contributed by atoms with van der Waals surface area (Å²) in [6.07, 6.45) is 0. The Morgan fingerprint density at radius 3 is 2.41 bits per heavy atom. The smallest absolute Gasteiger partial charge is 0.190 e. The molecule has 17 heavy (non-hydrogen) atoms. The van der Waals surface area contributed by atoms with Gasteiger partial charge >= 0.3 is 0 Å². The van der Waals surface area contributed by atoms with E-state index in [0.717, 1.165) is 11.1 Å². The van der Waals surface area contributed by atoms with Gasteiger partial charge in [-0.25, -0.2) is 0 Å². The van der Waals surface area contributed by atoms with Crippen LogP contribution in [0.3, 0.4) is 0 Å². The maximum Gasteiger partial charge on any atom is 0.190 e. The minimum Gasteiger partial charge on any atom is -0.507 e. The second-order valence-corrected chi connectivity index (χ2v) is 3.96. The Hall–Kier alpha value is -1.87. The van der Waals surface area contributed by atoms with E-state index in [2.05, 4.69) is 0 Å². The van der Waals surface area contributed by atoms with Crippen molar-refractivity contribution in [2.75, 3.05) is 7.11 Å². The quantitative estimate of drug-likeness (QED) is 0.821. The van der Waals surface area contributed by atoms with Crippen molar-refractivity contribution in [3.05, 3.63) is 54.1 Å². The molecule has 2 aromatic rings. The molecule has 1 N–H and O–H groups in total. The van der Waals surface area contributed by atoms with Crippen LogP contribution in [0.5, 0.6) is 5.75 Å². The molecule has 2 rings (SSSR count). The van der Waals surface area contributed by atoms with Crippen LogP contribution in [0.25, 0.3) is 11.1 Å². The van der Waals surface area contributed by atoms with E-state index in [1.165, 1.54) is 7.11 Å². The fraction of sp³-hybridized carbons (Fsp3) is 0.0714. The van der Waals surface area contributed by atoms with Crippen molar-refractivity contribution in [1.82, 2.24) is 0 Å². The zero-order valence-corrected chi connectivity index (χ0v) is 10.2. The Morgan fingerprint density at radius 2 is 1.82 bits per heavy atom. The Kier molecular flexibility index (Phi) is 3.40. The molecule has 0 bridgehead atoms. The molecule has 0 atom stereocenters. The molecule has 0 aromatic heterocycles. The summed E-state index contributed by atoms with van der Waals surface area (Å²) in [6, 6.07) is 15.0. The van der Waals surface area contributed by atoms with Crippen LogP contribution < -0.4 is 0 Å². The fourth-order valence-corrected chi connectivity index (χ4v) is 1.77. The Labute approximate surface area is 105 Å². The second-order valence-electron chi connectivity index (χ2n) is 3.59. The first kappa shape index (κ1) is 11.6. The van der Waals surface area contributed by atoms with Crippen molar-refractivity contribution in [2.24, 2.45) is 0 Å². The van der Waals surface area contributed by atoms with Gasteiger partial charge in [0.05, 0.1) is 7.11 Å². The lowest BCUT2D eigenvalue weighted by Gasteiger charge is -2.07. The summed E-state index contributed by atoms with van der Waals surface area (Å²) >= 11 is 5.01. The standard InChI is InChI=1S/C14H12O2S/c1-16-14(17)11-7-8-12(13(15)9-11)10-5-3-2-4-6-10/h2-9,15H,1H3. The van der Waals surface area contributed by atoms with Gasteiger partial charge in [-0.1, -0.05) is 30.3 Å². The Balaban J connectivity index is 2.42. The van der Waals surface area contributed by atoms with Gasteiger partial charge in [-0.15, -0.1) is 0 Å². The lowest BCUT2D eigenvalue weighted by atomic mass is 10.0. The molecule has 0 aliphatic rings. The fourth-order valence-electron chi connectivity index (χ4n) is 1.64. The van der Waals surface area contributed by atoms with E-state index in [4.69, 9.17) is 17.0 Å². The number of hydrogen-bond donors (Lipinski definition) is 1. The summed E-state index contributed by atoms with van der Waals surface area (Å²) in [6.45, 7) is 0. The van der Waals surface area contributed by atoms with E-state index in [1.807, 2.05) is 42.5 Å². The number of benzene rings is 2. The minimum atomic E-state index is 0.202. The van der Waals surface area contributed by atoms with Gasteiger partial charge in [0.2, 0.25) is 0 Å². The van der Waals surface area contributed by atoms with Crippen LogP contribution in [0.15, 0.2) is 48.5 Å². The van der Waals surface area contributed by atoms with Gasteiger partial charge in [0.1, 0.15) is 5.75 Å². The summed E-state index contributed by atoms with van der Waals surface area (Å²) in [5, 5.41) is 10.3. The number of hydrogen-bond acceptors (Lipinski definition) is 3. The summed E-state index contributed by atoms with van der Waals surface area (Å²) < 4.78 is 4.96. The van der Waals surface area contributed by atoms with Crippen molar-refractivity contribution >= 4 is 17.3 Å². The van der Waals surface area contributed by atoms with Crippen molar-refractivity contribution in [1.29, 1.82) is 0 Å². The van der Waals surface area contributed by atoms with Crippen LogP contribution in [0.1, 0.15) is 5.56 Å². The van der Waals surface area contributed by atoms with Crippen molar-refractivity contribution < 1.29 is 9.84 Å². The third-order valence-electron chi connectivity index (χ3n) is 2.50. The van der Waals surface area contributed by atoms with E-state index >= 15 is 0 Å². The first-order valence-corrected chi connectivity index (χ1v) is 5.60. The van der Waals surface area contributed by atoms with E-state index in [9.17, 15) is 5.11 Å². The first-order chi connectivity index (χ1) is 8.22. The number of phenolic OH excluding ortho intramolecular Hbond substituents is 1. The summed E-state index contributed by atoms with van der Waals surface area (Å²) in [5.41, 5.74) is 2.47. The second kappa shape index (κ2) is 4.97. The molecule has 0 spiro atoms. The number of methoxy groups -OCH3 is 1. The highest BCUT2D eigenvalue weighted by Crippen LogP contribution is 2.29. The summed E-state index contributed by atoms with van der Waals surface area (Å²) in [7, 11) is 1.52. The molecular weight excluding hydrogens is 232 g/mol. The Bertz CT molecular complexity index is 535. The normalized spacial score (nSPS) is 9.94. The van der Waals surface area contributed by atoms with Crippen molar-refractivity contribution in [3.63, 3.8) is 0 Å². The summed E-state index contributed by atoms with van der Waals surface area (Å²) in [5.74, 6) is 0.202.